The molecule has 1 heterocycles. The number of aryl methyl sites for hydroxylation is 1. The lowest BCUT2D eigenvalue weighted by molar-refractivity contribution is -0.152. The van der Waals surface area contributed by atoms with E-state index in [0.717, 1.165) is 11.1 Å². The number of hydrogen-bond donors (Lipinski definition) is 1. The number of hydrogen-bond acceptors (Lipinski definition) is 7. The smallest absolute Gasteiger partial charge is 0.329 e. The minimum atomic E-state index is -0.991. The summed E-state index contributed by atoms with van der Waals surface area (Å²) < 4.78 is 29.4. The highest BCUT2D eigenvalue weighted by molar-refractivity contribution is 5.98. The van der Waals surface area contributed by atoms with E-state index in [0.29, 0.717) is 0 Å². The summed E-state index contributed by atoms with van der Waals surface area (Å²) in [7, 11) is 1.36. The summed E-state index contributed by atoms with van der Waals surface area (Å²) >= 11 is 0. The van der Waals surface area contributed by atoms with Gasteiger partial charge in [0, 0.05) is 25.1 Å². The molecule has 1 amide bonds. The zero-order valence-corrected chi connectivity index (χ0v) is 20.5. The van der Waals surface area contributed by atoms with Gasteiger partial charge in [0.15, 0.2) is 11.4 Å². The monoisotopic (exact) mass is 474 g/mol. The van der Waals surface area contributed by atoms with Crippen molar-refractivity contribution in [2.45, 2.75) is 59.6 Å². The average molecular weight is 475 g/mol. The van der Waals surface area contributed by atoms with Gasteiger partial charge in [0.1, 0.15) is 18.0 Å². The van der Waals surface area contributed by atoms with E-state index in [4.69, 9.17) is 14.2 Å². The fraction of sp³-hybridized carbons (Fsp3) is 0.440. The van der Waals surface area contributed by atoms with Crippen LogP contribution < -0.4 is 14.8 Å². The van der Waals surface area contributed by atoms with E-state index in [-0.39, 0.29) is 34.8 Å². The van der Waals surface area contributed by atoms with Gasteiger partial charge in [0.2, 0.25) is 5.75 Å². The van der Waals surface area contributed by atoms with E-state index in [1.54, 1.807) is 33.8 Å². The van der Waals surface area contributed by atoms with Gasteiger partial charge in [-0.25, -0.2) is 14.2 Å². The van der Waals surface area contributed by atoms with Crippen molar-refractivity contribution in [1.29, 1.82) is 0 Å². The molecule has 184 valence electrons. The van der Waals surface area contributed by atoms with Crippen molar-refractivity contribution < 1.29 is 33.0 Å². The van der Waals surface area contributed by atoms with Crippen LogP contribution in [0.3, 0.4) is 0 Å². The Balaban J connectivity index is 2.21. The first-order chi connectivity index (χ1) is 16.0. The molecule has 0 saturated carbocycles. The van der Waals surface area contributed by atoms with Crippen molar-refractivity contribution in [2.75, 3.05) is 7.11 Å². The molecule has 0 aliphatic carbocycles. The molecule has 1 aromatic carbocycles. The highest BCUT2D eigenvalue weighted by atomic mass is 19.1. The lowest BCUT2D eigenvalue weighted by Gasteiger charge is -2.27. The maximum Gasteiger partial charge on any atom is 0.329 e. The van der Waals surface area contributed by atoms with Crippen molar-refractivity contribution in [3.8, 4) is 11.5 Å². The molecule has 0 spiro atoms. The molecule has 0 unspecified atom stereocenters. The van der Waals surface area contributed by atoms with Crippen LogP contribution in [-0.2, 0) is 14.3 Å². The van der Waals surface area contributed by atoms with Crippen LogP contribution in [0.15, 0.2) is 30.5 Å². The Labute approximate surface area is 198 Å². The predicted molar refractivity (Wildman–Crippen MR) is 123 cm³/mol. The van der Waals surface area contributed by atoms with Gasteiger partial charge in [0.05, 0.1) is 7.11 Å². The van der Waals surface area contributed by atoms with E-state index < -0.39 is 30.0 Å². The summed E-state index contributed by atoms with van der Waals surface area (Å²) in [4.78, 5) is 41.5. The van der Waals surface area contributed by atoms with Gasteiger partial charge in [-0.05, 0) is 43.0 Å². The van der Waals surface area contributed by atoms with Crippen LogP contribution in [0, 0.1) is 18.7 Å². The number of esters is 2. The summed E-state index contributed by atoms with van der Waals surface area (Å²) in [6, 6.07) is 4.93. The lowest BCUT2D eigenvalue weighted by atomic mass is 9.92. The average Bonchev–Trinajstić information content (AvgIpc) is 2.76. The Hall–Kier alpha value is -3.49. The number of ether oxygens (including phenoxy) is 3. The minimum Gasteiger partial charge on any atom is -0.493 e. The SMILES string of the molecule is COc1ccnc(C(=O)N[C@H](C(=O)O[C@@H](C)[C@H](C)c2ccc(F)cc2C)C(C)C)c1OC(C)=O. The number of methoxy groups -OCH3 is 1. The maximum absolute atomic E-state index is 13.5. The molecule has 34 heavy (non-hydrogen) atoms. The number of benzene rings is 1. The Morgan fingerprint density at radius 2 is 1.76 bits per heavy atom. The molecular weight excluding hydrogens is 443 g/mol. The van der Waals surface area contributed by atoms with Crippen molar-refractivity contribution >= 4 is 17.8 Å². The molecule has 8 nitrogen and oxygen atoms in total. The highest BCUT2D eigenvalue weighted by Crippen LogP contribution is 2.30. The van der Waals surface area contributed by atoms with Crippen LogP contribution in [0.4, 0.5) is 4.39 Å². The molecule has 0 aliphatic rings. The fourth-order valence-electron chi connectivity index (χ4n) is 3.46. The molecule has 9 heteroatoms. The summed E-state index contributed by atoms with van der Waals surface area (Å²) in [5.74, 6) is -2.84. The van der Waals surface area contributed by atoms with Gasteiger partial charge in [-0.2, -0.15) is 0 Å². The molecular formula is C25H31FN2O6. The standard InChI is InChI=1S/C25H31FN2O6/c1-13(2)21(25(31)33-16(5)15(4)19-9-8-18(26)12-14(19)3)28-24(30)22-23(34-17(6)29)20(32-7)10-11-27-22/h8-13,15-16,21H,1-7H3,(H,28,30)/t15-,16-,21-/m0/s1. The van der Waals surface area contributed by atoms with Gasteiger partial charge in [0.25, 0.3) is 5.91 Å². The number of aromatic nitrogens is 1. The summed E-state index contributed by atoms with van der Waals surface area (Å²) in [5.41, 5.74) is 1.42. The van der Waals surface area contributed by atoms with E-state index >= 15 is 0 Å². The molecule has 2 aromatic rings. The third-order valence-corrected chi connectivity index (χ3v) is 5.48. The van der Waals surface area contributed by atoms with Crippen molar-refractivity contribution in [3.05, 3.63) is 53.1 Å². The quantitative estimate of drug-likeness (QED) is 0.549. The number of halogens is 1. The number of nitrogens with one attached hydrogen (secondary N) is 1. The zero-order chi connectivity index (χ0) is 25.6. The van der Waals surface area contributed by atoms with Crippen LogP contribution in [0.5, 0.6) is 11.5 Å². The van der Waals surface area contributed by atoms with E-state index in [1.165, 1.54) is 38.4 Å². The first-order valence-electron chi connectivity index (χ1n) is 10.9. The molecule has 1 aromatic heterocycles. The Morgan fingerprint density at radius 3 is 2.32 bits per heavy atom. The van der Waals surface area contributed by atoms with Gasteiger partial charge < -0.3 is 19.5 Å². The van der Waals surface area contributed by atoms with Crippen LogP contribution in [0.1, 0.15) is 62.2 Å². The number of carbonyl (C=O) groups is 3. The first-order valence-corrected chi connectivity index (χ1v) is 10.9. The second kappa shape index (κ2) is 11.6. The van der Waals surface area contributed by atoms with Crippen molar-refractivity contribution in [3.63, 3.8) is 0 Å². The molecule has 0 radical (unpaired) electrons. The number of amides is 1. The van der Waals surface area contributed by atoms with Crippen LogP contribution >= 0.6 is 0 Å². The summed E-state index contributed by atoms with van der Waals surface area (Å²) in [6.07, 6.45) is 0.791. The zero-order valence-electron chi connectivity index (χ0n) is 20.5. The van der Waals surface area contributed by atoms with Gasteiger partial charge in [-0.1, -0.05) is 26.8 Å². The maximum atomic E-state index is 13.5. The largest absolute Gasteiger partial charge is 0.493 e. The number of pyridine rings is 1. The number of rotatable bonds is 9. The Bertz CT molecular complexity index is 1060. The molecule has 1 N–H and O–H groups in total. The van der Waals surface area contributed by atoms with E-state index in [1.807, 2.05) is 6.92 Å². The second-order valence-electron chi connectivity index (χ2n) is 8.41. The van der Waals surface area contributed by atoms with Gasteiger partial charge in [-0.15, -0.1) is 0 Å². The second-order valence-corrected chi connectivity index (χ2v) is 8.41. The predicted octanol–water partition coefficient (Wildman–Crippen LogP) is 3.95. The first kappa shape index (κ1) is 26.8. The minimum absolute atomic E-state index is 0.139. The van der Waals surface area contributed by atoms with Crippen molar-refractivity contribution in [2.24, 2.45) is 5.92 Å². The highest BCUT2D eigenvalue weighted by Gasteiger charge is 2.31. The van der Waals surface area contributed by atoms with E-state index in [9.17, 15) is 18.8 Å². The molecule has 0 bridgehead atoms. The molecule has 2 rings (SSSR count). The summed E-state index contributed by atoms with van der Waals surface area (Å²) in [6.45, 7) is 10.1. The lowest BCUT2D eigenvalue weighted by Crippen LogP contribution is -2.46. The molecule has 0 fully saturated rings. The normalized spacial score (nSPS) is 13.6. The van der Waals surface area contributed by atoms with Gasteiger partial charge >= 0.3 is 11.9 Å². The van der Waals surface area contributed by atoms with Crippen LogP contribution in [0.25, 0.3) is 0 Å². The number of carbonyl (C=O) groups excluding carboxylic acids is 3. The molecule has 3 atom stereocenters. The molecule has 0 saturated heterocycles. The van der Waals surface area contributed by atoms with Gasteiger partial charge in [-0.3, -0.25) is 9.59 Å². The third kappa shape index (κ3) is 6.52. The topological polar surface area (TPSA) is 104 Å². The Morgan fingerprint density at radius 1 is 1.09 bits per heavy atom. The van der Waals surface area contributed by atoms with E-state index in [2.05, 4.69) is 10.3 Å². The van der Waals surface area contributed by atoms with Crippen LogP contribution in [0.2, 0.25) is 0 Å². The molecule has 0 aliphatic heterocycles. The third-order valence-electron chi connectivity index (χ3n) is 5.48. The fourth-order valence-corrected chi connectivity index (χ4v) is 3.46. The number of nitrogens with zero attached hydrogens (tertiary/aromatic N) is 1. The van der Waals surface area contributed by atoms with Crippen LogP contribution in [-0.4, -0.2) is 42.1 Å². The Kier molecular flexibility index (Phi) is 9.11. The van der Waals surface area contributed by atoms with Crippen molar-refractivity contribution in [1.82, 2.24) is 10.3 Å². The summed E-state index contributed by atoms with van der Waals surface area (Å²) in [5, 5.41) is 2.63.